The number of rotatable bonds is 3. The highest BCUT2D eigenvalue weighted by Gasteiger charge is 2.14. The van der Waals surface area contributed by atoms with E-state index in [1.807, 2.05) is 0 Å². The van der Waals surface area contributed by atoms with Gasteiger partial charge < -0.3 is 4.74 Å². The molecule has 0 aliphatic rings. The summed E-state index contributed by atoms with van der Waals surface area (Å²) in [4.78, 5) is 11.1. The summed E-state index contributed by atoms with van der Waals surface area (Å²) in [5, 5.41) is 0. The van der Waals surface area contributed by atoms with Gasteiger partial charge in [-0.1, -0.05) is 0 Å². The number of hydrogen-bond donors (Lipinski definition) is 0. The lowest BCUT2D eigenvalue weighted by atomic mass is 10.1. The Morgan fingerprint density at radius 1 is 1.33 bits per heavy atom. The van der Waals surface area contributed by atoms with Gasteiger partial charge in [0.1, 0.15) is 0 Å². The van der Waals surface area contributed by atoms with E-state index in [2.05, 4.69) is 36.6 Å². The van der Waals surface area contributed by atoms with Crippen molar-refractivity contribution in [3.63, 3.8) is 0 Å². The Kier molecular flexibility index (Phi) is 4.21. The van der Waals surface area contributed by atoms with Crippen LogP contribution >= 0.6 is 31.9 Å². The maximum Gasteiger partial charge on any atom is 0.387 e. The Morgan fingerprint density at radius 2 is 1.80 bits per heavy atom. The van der Waals surface area contributed by atoms with Gasteiger partial charge in [-0.15, -0.1) is 0 Å². The summed E-state index contributed by atoms with van der Waals surface area (Å²) in [7, 11) is 0. The van der Waals surface area contributed by atoms with Gasteiger partial charge in [-0.05, 0) is 50.9 Å². The molecule has 0 aliphatic carbocycles. The third-order valence-electron chi connectivity index (χ3n) is 1.61. The first-order valence-corrected chi connectivity index (χ1v) is 5.45. The van der Waals surface area contributed by atoms with Gasteiger partial charge in [0.05, 0.1) is 8.95 Å². The quantitative estimate of drug-likeness (QED) is 0.775. The standard InChI is InChI=1S/C9H6Br2F2O2/c1-4(14)5-2-6(10)8(7(11)3-5)15-9(12)13/h2-3,9H,1H3. The van der Waals surface area contributed by atoms with E-state index in [1.165, 1.54) is 19.1 Å². The predicted molar refractivity (Wildman–Crippen MR) is 58.5 cm³/mol. The molecule has 1 aromatic carbocycles. The number of Topliss-reactive ketones (excluding diaryl/α,β-unsaturated/α-hetero) is 1. The Labute approximate surface area is 102 Å². The average Bonchev–Trinajstić information content (AvgIpc) is 2.10. The smallest absolute Gasteiger partial charge is 0.387 e. The van der Waals surface area contributed by atoms with E-state index in [9.17, 15) is 13.6 Å². The fourth-order valence-corrected chi connectivity index (χ4v) is 2.34. The van der Waals surface area contributed by atoms with Gasteiger partial charge in [0, 0.05) is 5.56 Å². The van der Waals surface area contributed by atoms with Gasteiger partial charge in [0.2, 0.25) is 0 Å². The molecule has 0 aliphatic heterocycles. The SMILES string of the molecule is CC(=O)c1cc(Br)c(OC(F)F)c(Br)c1. The zero-order valence-corrected chi connectivity index (χ0v) is 10.7. The molecule has 0 amide bonds. The van der Waals surface area contributed by atoms with Gasteiger partial charge in [0.15, 0.2) is 11.5 Å². The normalized spacial score (nSPS) is 10.5. The van der Waals surface area contributed by atoms with Gasteiger partial charge in [-0.25, -0.2) is 0 Å². The van der Waals surface area contributed by atoms with Crippen LogP contribution in [0, 0.1) is 0 Å². The molecule has 15 heavy (non-hydrogen) atoms. The first kappa shape index (κ1) is 12.6. The lowest BCUT2D eigenvalue weighted by Gasteiger charge is -2.10. The Hall–Kier alpha value is -0.490. The van der Waals surface area contributed by atoms with Crippen LogP contribution in [0.4, 0.5) is 8.78 Å². The van der Waals surface area contributed by atoms with Crippen LogP contribution in [0.5, 0.6) is 5.75 Å². The van der Waals surface area contributed by atoms with E-state index in [1.54, 1.807) is 0 Å². The van der Waals surface area contributed by atoms with E-state index in [4.69, 9.17) is 0 Å². The second kappa shape index (κ2) is 5.03. The van der Waals surface area contributed by atoms with Crippen LogP contribution in [0.2, 0.25) is 0 Å². The third kappa shape index (κ3) is 3.24. The maximum absolute atomic E-state index is 12.0. The molecule has 6 heteroatoms. The molecule has 0 unspecified atom stereocenters. The van der Waals surface area contributed by atoms with Crippen molar-refractivity contribution in [2.45, 2.75) is 13.5 Å². The number of hydrogen-bond acceptors (Lipinski definition) is 2. The van der Waals surface area contributed by atoms with Crippen molar-refractivity contribution in [3.8, 4) is 5.75 Å². The van der Waals surface area contributed by atoms with Crippen molar-refractivity contribution >= 4 is 37.6 Å². The van der Waals surface area contributed by atoms with Crippen molar-refractivity contribution in [2.75, 3.05) is 0 Å². The number of benzene rings is 1. The molecule has 82 valence electrons. The van der Waals surface area contributed by atoms with Crippen LogP contribution in [0.3, 0.4) is 0 Å². The number of alkyl halides is 2. The van der Waals surface area contributed by atoms with Crippen LogP contribution in [-0.2, 0) is 0 Å². The number of ketones is 1. The molecule has 0 heterocycles. The molecule has 1 rings (SSSR count). The molecule has 0 saturated carbocycles. The summed E-state index contributed by atoms with van der Waals surface area (Å²) < 4.78 is 28.9. The summed E-state index contributed by atoms with van der Waals surface area (Å²) in [6.07, 6.45) is 0. The van der Waals surface area contributed by atoms with Gasteiger partial charge >= 0.3 is 6.61 Å². The highest BCUT2D eigenvalue weighted by atomic mass is 79.9. The molecule has 0 N–H and O–H groups in total. The minimum atomic E-state index is -2.90. The Bertz CT molecular complexity index is 371. The summed E-state index contributed by atoms with van der Waals surface area (Å²) in [6.45, 7) is -1.51. The van der Waals surface area contributed by atoms with Crippen LogP contribution in [-0.4, -0.2) is 12.4 Å². The second-order valence-corrected chi connectivity index (χ2v) is 4.41. The fraction of sp³-hybridized carbons (Fsp3) is 0.222. The van der Waals surface area contributed by atoms with E-state index >= 15 is 0 Å². The lowest BCUT2D eigenvalue weighted by Crippen LogP contribution is -2.04. The van der Waals surface area contributed by atoms with E-state index in [-0.39, 0.29) is 11.5 Å². The zero-order valence-electron chi connectivity index (χ0n) is 7.56. The van der Waals surface area contributed by atoms with E-state index in [0.717, 1.165) is 0 Å². The van der Waals surface area contributed by atoms with Crippen LogP contribution in [0.25, 0.3) is 0 Å². The molecule has 0 bridgehead atoms. The van der Waals surface area contributed by atoms with Gasteiger partial charge in [-0.3, -0.25) is 4.79 Å². The van der Waals surface area contributed by atoms with Crippen LogP contribution < -0.4 is 4.74 Å². The Balaban J connectivity index is 3.15. The summed E-state index contributed by atoms with van der Waals surface area (Å²) >= 11 is 6.11. The fourth-order valence-electron chi connectivity index (χ4n) is 0.965. The minimum Gasteiger partial charge on any atom is -0.432 e. The first-order chi connectivity index (χ1) is 6.91. The molecule has 0 fully saturated rings. The maximum atomic E-state index is 12.0. The molecule has 2 nitrogen and oxygen atoms in total. The average molecular weight is 344 g/mol. The number of carbonyl (C=O) groups excluding carboxylic acids is 1. The van der Waals surface area contributed by atoms with Crippen molar-refractivity contribution in [1.29, 1.82) is 0 Å². The monoisotopic (exact) mass is 342 g/mol. The molecule has 0 saturated heterocycles. The molecular weight excluding hydrogens is 338 g/mol. The molecule has 0 radical (unpaired) electrons. The second-order valence-electron chi connectivity index (χ2n) is 2.70. The van der Waals surface area contributed by atoms with Crippen molar-refractivity contribution < 1.29 is 18.3 Å². The summed E-state index contributed by atoms with van der Waals surface area (Å²) in [6, 6.07) is 2.87. The molecule has 1 aromatic rings. The minimum absolute atomic E-state index is 0.0185. The highest BCUT2D eigenvalue weighted by Crippen LogP contribution is 2.35. The zero-order chi connectivity index (χ0) is 11.6. The lowest BCUT2D eigenvalue weighted by molar-refractivity contribution is -0.0508. The predicted octanol–water partition coefficient (Wildman–Crippen LogP) is 4.02. The largest absolute Gasteiger partial charge is 0.432 e. The molecule has 0 atom stereocenters. The van der Waals surface area contributed by atoms with Crippen molar-refractivity contribution in [2.24, 2.45) is 0 Å². The number of ether oxygens (including phenoxy) is 1. The summed E-state index contributed by atoms with van der Waals surface area (Å²) in [5.41, 5.74) is 0.412. The molecular formula is C9H6Br2F2O2. The van der Waals surface area contributed by atoms with E-state index in [0.29, 0.717) is 14.5 Å². The van der Waals surface area contributed by atoms with Gasteiger partial charge in [-0.2, -0.15) is 8.78 Å². The Morgan fingerprint density at radius 3 is 2.13 bits per heavy atom. The number of carbonyl (C=O) groups is 1. The van der Waals surface area contributed by atoms with Crippen LogP contribution in [0.15, 0.2) is 21.1 Å². The van der Waals surface area contributed by atoms with Gasteiger partial charge in [0.25, 0.3) is 0 Å². The van der Waals surface area contributed by atoms with E-state index < -0.39 is 6.61 Å². The number of halogens is 4. The first-order valence-electron chi connectivity index (χ1n) is 3.86. The highest BCUT2D eigenvalue weighted by molar-refractivity contribution is 9.11. The molecule has 0 spiro atoms. The molecule has 0 aromatic heterocycles. The van der Waals surface area contributed by atoms with Crippen LogP contribution in [0.1, 0.15) is 17.3 Å². The summed E-state index contributed by atoms with van der Waals surface area (Å²) in [5.74, 6) is -0.171. The van der Waals surface area contributed by atoms with Crippen molar-refractivity contribution in [1.82, 2.24) is 0 Å². The van der Waals surface area contributed by atoms with Crippen molar-refractivity contribution in [3.05, 3.63) is 26.6 Å². The topological polar surface area (TPSA) is 26.3 Å². The third-order valence-corrected chi connectivity index (χ3v) is 2.79.